The molecule has 0 amide bonds. The number of nitrogen functional groups attached to an aromatic ring is 1. The van der Waals surface area contributed by atoms with Gasteiger partial charge in [-0.15, -0.1) is 0 Å². The molecule has 4 aromatic rings. The van der Waals surface area contributed by atoms with E-state index in [2.05, 4.69) is 27.1 Å². The second kappa shape index (κ2) is 9.55. The predicted octanol–water partition coefficient (Wildman–Crippen LogP) is 4.20. The molecule has 2 aromatic heterocycles. The molecule has 8 heteroatoms. The monoisotopic (exact) mass is 454 g/mol. The zero-order valence-electron chi connectivity index (χ0n) is 18.8. The summed E-state index contributed by atoms with van der Waals surface area (Å²) in [6.07, 6.45) is 1.89. The van der Waals surface area contributed by atoms with Gasteiger partial charge in [0.25, 0.3) is 5.56 Å². The Balaban J connectivity index is 1.85. The second-order valence-corrected chi connectivity index (χ2v) is 7.63. The van der Waals surface area contributed by atoms with Crippen LogP contribution in [0.2, 0.25) is 0 Å². The van der Waals surface area contributed by atoms with Crippen molar-refractivity contribution in [3.63, 3.8) is 0 Å². The van der Waals surface area contributed by atoms with Crippen LogP contribution in [0.3, 0.4) is 0 Å². The minimum Gasteiger partial charge on any atom is -0.383 e. The summed E-state index contributed by atoms with van der Waals surface area (Å²) in [5.41, 5.74) is 7.97. The molecule has 0 unspecified atom stereocenters. The van der Waals surface area contributed by atoms with Crippen LogP contribution in [0.5, 0.6) is 0 Å². The lowest BCUT2D eigenvalue weighted by Crippen LogP contribution is -2.25. The first kappa shape index (κ1) is 22.7. The van der Waals surface area contributed by atoms with Crippen molar-refractivity contribution in [1.29, 1.82) is 5.41 Å². The van der Waals surface area contributed by atoms with Crippen molar-refractivity contribution in [1.82, 2.24) is 14.5 Å². The molecule has 0 bridgehead atoms. The van der Waals surface area contributed by atoms with E-state index in [0.29, 0.717) is 34.6 Å². The molecule has 4 N–H and O–H groups in total. The fourth-order valence-electron chi connectivity index (χ4n) is 3.77. The zero-order valence-corrected chi connectivity index (χ0v) is 18.8. The highest BCUT2D eigenvalue weighted by Crippen LogP contribution is 2.23. The molecule has 0 fully saturated rings. The van der Waals surface area contributed by atoms with Gasteiger partial charge in [0.1, 0.15) is 29.5 Å². The molecular weight excluding hydrogens is 431 g/mol. The van der Waals surface area contributed by atoms with Crippen molar-refractivity contribution in [2.24, 2.45) is 0 Å². The van der Waals surface area contributed by atoms with Crippen molar-refractivity contribution < 1.29 is 4.39 Å². The largest absolute Gasteiger partial charge is 0.383 e. The summed E-state index contributed by atoms with van der Waals surface area (Å²) in [5.74, 6) is 5.48. The maximum absolute atomic E-state index is 14.6. The minimum absolute atomic E-state index is 0.000623. The van der Waals surface area contributed by atoms with Gasteiger partial charge in [0, 0.05) is 12.1 Å². The molecular formula is C26H23FN6O. The van der Waals surface area contributed by atoms with Crippen molar-refractivity contribution >= 4 is 28.1 Å². The maximum Gasteiger partial charge on any atom is 0.266 e. The highest BCUT2D eigenvalue weighted by Gasteiger charge is 2.17. The maximum atomic E-state index is 14.6. The van der Waals surface area contributed by atoms with Gasteiger partial charge in [-0.3, -0.25) is 14.8 Å². The van der Waals surface area contributed by atoms with E-state index in [4.69, 9.17) is 11.1 Å². The Morgan fingerprint density at radius 1 is 1.21 bits per heavy atom. The molecule has 0 aliphatic rings. The van der Waals surface area contributed by atoms with Gasteiger partial charge in [-0.25, -0.2) is 14.4 Å². The van der Waals surface area contributed by atoms with E-state index in [1.165, 1.54) is 17.0 Å². The van der Waals surface area contributed by atoms with Crippen molar-refractivity contribution in [3.8, 4) is 17.5 Å². The standard InChI is InChI=1S/C26H23FN6O/c1-3-4-11-20(28)23-24(29)31-15-32-25(23)30-14-18-13-17-9-7-10-19(27)22(17)26(34)33(18)21-12-6-5-8-16(21)2/h5-10,12-13,15,28H,3,14H2,1-2H3,(H3,29,30,31,32). The SMILES string of the molecule is CCC#CC(=N)c1c(N)ncnc1NCc1cc2cccc(F)c2c(=O)n1-c1ccccc1C. The number of nitrogens with zero attached hydrogens (tertiary/aromatic N) is 3. The molecule has 0 radical (unpaired) electrons. The summed E-state index contributed by atoms with van der Waals surface area (Å²) in [7, 11) is 0. The van der Waals surface area contributed by atoms with Gasteiger partial charge in [-0.2, -0.15) is 0 Å². The number of anilines is 2. The number of nitrogens with two attached hydrogens (primary N) is 1. The van der Waals surface area contributed by atoms with Crippen LogP contribution >= 0.6 is 0 Å². The van der Waals surface area contributed by atoms with Crippen molar-refractivity contribution in [3.05, 3.63) is 87.9 Å². The number of rotatable bonds is 5. The Bertz CT molecular complexity index is 1530. The first-order chi connectivity index (χ1) is 16.4. The molecule has 4 rings (SSSR count). The number of nitrogens with one attached hydrogen (secondary N) is 2. The molecule has 0 aliphatic heterocycles. The summed E-state index contributed by atoms with van der Waals surface area (Å²) in [6.45, 7) is 3.94. The minimum atomic E-state index is -0.571. The summed E-state index contributed by atoms with van der Waals surface area (Å²) in [4.78, 5) is 21.7. The average molecular weight is 455 g/mol. The van der Waals surface area contributed by atoms with Crippen LogP contribution in [-0.2, 0) is 6.54 Å². The molecule has 0 aliphatic carbocycles. The zero-order chi connectivity index (χ0) is 24.2. The van der Waals surface area contributed by atoms with Crippen LogP contribution in [-0.4, -0.2) is 20.2 Å². The Hall–Kier alpha value is -4.51. The first-order valence-electron chi connectivity index (χ1n) is 10.7. The number of aryl methyl sites for hydroxylation is 1. The topological polar surface area (TPSA) is 110 Å². The van der Waals surface area contributed by atoms with Crippen LogP contribution in [0, 0.1) is 30.0 Å². The van der Waals surface area contributed by atoms with Crippen LogP contribution in [0.25, 0.3) is 16.5 Å². The number of hydrogen-bond donors (Lipinski definition) is 3. The number of hydrogen-bond acceptors (Lipinski definition) is 6. The number of benzene rings is 2. The van der Waals surface area contributed by atoms with E-state index in [-0.39, 0.29) is 23.5 Å². The molecule has 0 saturated carbocycles. The van der Waals surface area contributed by atoms with Gasteiger partial charge in [-0.05, 0) is 42.0 Å². The summed E-state index contributed by atoms with van der Waals surface area (Å²) in [5, 5.41) is 12.0. The van der Waals surface area contributed by atoms with E-state index >= 15 is 0 Å². The van der Waals surface area contributed by atoms with Gasteiger partial charge in [0.2, 0.25) is 0 Å². The number of fused-ring (bicyclic) bond motifs is 1. The molecule has 0 saturated heterocycles. The van der Waals surface area contributed by atoms with Crippen LogP contribution in [0.1, 0.15) is 30.2 Å². The lowest BCUT2D eigenvalue weighted by Gasteiger charge is -2.18. The normalized spacial score (nSPS) is 10.6. The molecule has 170 valence electrons. The first-order valence-corrected chi connectivity index (χ1v) is 10.7. The Morgan fingerprint density at radius 3 is 2.76 bits per heavy atom. The fourth-order valence-corrected chi connectivity index (χ4v) is 3.77. The highest BCUT2D eigenvalue weighted by molar-refractivity contribution is 6.16. The quantitative estimate of drug-likeness (QED) is 0.309. The summed E-state index contributed by atoms with van der Waals surface area (Å²) in [6, 6.07) is 13.7. The Morgan fingerprint density at radius 2 is 2.00 bits per heavy atom. The highest BCUT2D eigenvalue weighted by atomic mass is 19.1. The molecule has 7 nitrogen and oxygen atoms in total. The number of aromatic nitrogens is 3. The second-order valence-electron chi connectivity index (χ2n) is 7.63. The van der Waals surface area contributed by atoms with Crippen LogP contribution in [0.15, 0.2) is 59.7 Å². The molecule has 0 spiro atoms. The van der Waals surface area contributed by atoms with Crippen molar-refractivity contribution in [2.75, 3.05) is 11.1 Å². The molecule has 0 atom stereocenters. The lowest BCUT2D eigenvalue weighted by molar-refractivity contribution is 0.637. The number of para-hydroxylation sites is 1. The van der Waals surface area contributed by atoms with Gasteiger partial charge < -0.3 is 11.1 Å². The number of halogens is 1. The molecule has 34 heavy (non-hydrogen) atoms. The van der Waals surface area contributed by atoms with Gasteiger partial charge in [-0.1, -0.05) is 43.2 Å². The van der Waals surface area contributed by atoms with Crippen LogP contribution < -0.4 is 16.6 Å². The average Bonchev–Trinajstić information content (AvgIpc) is 2.82. The van der Waals surface area contributed by atoms with Gasteiger partial charge >= 0.3 is 0 Å². The third-order valence-electron chi connectivity index (χ3n) is 5.38. The van der Waals surface area contributed by atoms with Gasteiger partial charge in [0.05, 0.1) is 23.2 Å². The number of pyridine rings is 1. The predicted molar refractivity (Wildman–Crippen MR) is 133 cm³/mol. The lowest BCUT2D eigenvalue weighted by atomic mass is 10.1. The third-order valence-corrected chi connectivity index (χ3v) is 5.38. The van der Waals surface area contributed by atoms with Crippen molar-refractivity contribution in [2.45, 2.75) is 26.8 Å². The van der Waals surface area contributed by atoms with Crippen LogP contribution in [0.4, 0.5) is 16.0 Å². The van der Waals surface area contributed by atoms with E-state index in [1.54, 1.807) is 18.2 Å². The van der Waals surface area contributed by atoms with E-state index in [9.17, 15) is 9.18 Å². The Labute approximate surface area is 196 Å². The summed E-state index contributed by atoms with van der Waals surface area (Å²) < 4.78 is 16.1. The van der Waals surface area contributed by atoms with E-state index in [0.717, 1.165) is 5.56 Å². The Kier molecular flexibility index (Phi) is 6.37. The smallest absolute Gasteiger partial charge is 0.266 e. The van der Waals surface area contributed by atoms with E-state index in [1.807, 2.05) is 38.1 Å². The van der Waals surface area contributed by atoms with Gasteiger partial charge in [0.15, 0.2) is 0 Å². The molecule has 2 aromatic carbocycles. The fraction of sp³-hybridized carbons (Fsp3) is 0.154. The van der Waals surface area contributed by atoms with E-state index < -0.39 is 11.4 Å². The summed E-state index contributed by atoms with van der Waals surface area (Å²) >= 11 is 0. The third kappa shape index (κ3) is 4.24. The molecule has 2 heterocycles.